The van der Waals surface area contributed by atoms with Gasteiger partial charge in [0.05, 0.1) is 28.4 Å². The van der Waals surface area contributed by atoms with Crippen molar-refractivity contribution in [3.8, 4) is 17.4 Å². The SMILES string of the molecule is C.C.Cc1ccc(-n2nc3c4cc(Cc5ccccc5)ccc4[nH]c(=O)n3c2=O)cc1.Cc1ccc(-n2nc3c4cc(Cc5ccccc5)ccc4nc([O-])n3c2=O)cc1.[Na+]. The average Bonchev–Trinajstić information content (AvgIpc) is 3.78. The molecule has 0 aliphatic rings. The van der Waals surface area contributed by atoms with Crippen molar-refractivity contribution >= 4 is 33.1 Å². The number of nitrogens with one attached hydrogen (secondary N) is 1. The Balaban J connectivity index is 0.000000194. The molecular formula is C48H43N8NaO4. The van der Waals surface area contributed by atoms with E-state index >= 15 is 0 Å². The van der Waals surface area contributed by atoms with E-state index in [1.165, 1.54) is 20.5 Å². The molecule has 0 unspecified atom stereocenters. The van der Waals surface area contributed by atoms with Gasteiger partial charge < -0.3 is 10.1 Å². The van der Waals surface area contributed by atoms with E-state index < -0.39 is 23.1 Å². The fraction of sp³-hybridized carbons (Fsp3) is 0.125. The van der Waals surface area contributed by atoms with E-state index in [0.29, 0.717) is 39.1 Å². The molecule has 0 spiro atoms. The number of fused-ring (bicyclic) bond motifs is 6. The average molecular weight is 819 g/mol. The number of aromatic amines is 1. The third kappa shape index (κ3) is 8.60. The second-order valence-electron chi connectivity index (χ2n) is 14.3. The molecule has 0 amide bonds. The maximum Gasteiger partial charge on any atom is 1.00 e. The molecule has 300 valence electrons. The standard InChI is InChI=1S/2C23H18N4O2.2CH4.Na/c2*1-15-7-10-18(11-8-15)27-23(29)26-21(25-27)19-14-17(9-12-20(19)24-22(26)28)13-16-5-3-2-4-6-16;;;/h2*2-12,14H,13H2,1H3,(H,24,28);2*1H4;/q;;;;+1/p-1. The summed E-state index contributed by atoms with van der Waals surface area (Å²) in [7, 11) is 0. The molecule has 10 aromatic rings. The molecule has 10 rings (SSSR count). The Labute approximate surface area is 373 Å². The molecule has 4 aromatic heterocycles. The predicted octanol–water partition coefficient (Wildman–Crippen LogP) is 4.51. The van der Waals surface area contributed by atoms with Crippen LogP contribution in [0.1, 0.15) is 48.2 Å². The Morgan fingerprint density at radius 2 is 1.00 bits per heavy atom. The van der Waals surface area contributed by atoms with Crippen molar-refractivity contribution in [2.75, 3.05) is 0 Å². The molecule has 0 atom stereocenters. The summed E-state index contributed by atoms with van der Waals surface area (Å²) in [4.78, 5) is 45.2. The number of nitrogens with zero attached hydrogens (tertiary/aromatic N) is 7. The van der Waals surface area contributed by atoms with Crippen molar-refractivity contribution in [3.63, 3.8) is 0 Å². The van der Waals surface area contributed by atoms with Gasteiger partial charge in [-0.3, -0.25) is 0 Å². The number of aryl methyl sites for hydroxylation is 2. The monoisotopic (exact) mass is 818 g/mol. The second-order valence-corrected chi connectivity index (χ2v) is 14.3. The Bertz CT molecular complexity index is 3320. The van der Waals surface area contributed by atoms with Gasteiger partial charge in [-0.05, 0) is 97.5 Å². The summed E-state index contributed by atoms with van der Waals surface area (Å²) in [5, 5.41) is 22.9. The Kier molecular flexibility index (Phi) is 13.0. The molecule has 0 bridgehead atoms. The van der Waals surface area contributed by atoms with Gasteiger partial charge in [0.2, 0.25) is 0 Å². The van der Waals surface area contributed by atoms with Gasteiger partial charge in [0.1, 0.15) is 0 Å². The van der Waals surface area contributed by atoms with Gasteiger partial charge in [0, 0.05) is 10.8 Å². The van der Waals surface area contributed by atoms with E-state index in [0.717, 1.165) is 49.3 Å². The zero-order chi connectivity index (χ0) is 39.9. The minimum absolute atomic E-state index is 0. The zero-order valence-electron chi connectivity index (χ0n) is 32.5. The Hall–Kier alpha value is -6.86. The van der Waals surface area contributed by atoms with Gasteiger partial charge >= 0.3 is 46.6 Å². The molecule has 0 aliphatic carbocycles. The Morgan fingerprint density at radius 1 is 0.541 bits per heavy atom. The van der Waals surface area contributed by atoms with Crippen LogP contribution in [0.4, 0.5) is 0 Å². The number of H-pyrrole nitrogens is 1. The smallest absolute Gasteiger partial charge is 0.845 e. The van der Waals surface area contributed by atoms with Crippen LogP contribution in [0.3, 0.4) is 0 Å². The maximum absolute atomic E-state index is 12.9. The summed E-state index contributed by atoms with van der Waals surface area (Å²) in [6.07, 6.45) is 1.50. The van der Waals surface area contributed by atoms with Crippen molar-refractivity contribution in [2.24, 2.45) is 0 Å². The first-order chi connectivity index (χ1) is 28.2. The third-order valence-corrected chi connectivity index (χ3v) is 10.1. The number of aromatic nitrogens is 8. The van der Waals surface area contributed by atoms with Gasteiger partial charge in [0.25, 0.3) is 0 Å². The topological polar surface area (TPSA) is 147 Å². The summed E-state index contributed by atoms with van der Waals surface area (Å²) in [6, 6.07) is 46.1. The molecule has 0 aliphatic heterocycles. The van der Waals surface area contributed by atoms with Crippen LogP contribution in [0.2, 0.25) is 0 Å². The van der Waals surface area contributed by atoms with Crippen LogP contribution in [0.15, 0.2) is 160 Å². The minimum Gasteiger partial charge on any atom is -0.845 e. The molecule has 0 fully saturated rings. The molecule has 6 aromatic carbocycles. The van der Waals surface area contributed by atoms with Crippen LogP contribution < -0.4 is 51.7 Å². The van der Waals surface area contributed by atoms with Crippen molar-refractivity contribution in [2.45, 2.75) is 41.5 Å². The van der Waals surface area contributed by atoms with E-state index in [1.807, 2.05) is 135 Å². The van der Waals surface area contributed by atoms with Crippen LogP contribution in [-0.2, 0) is 12.8 Å². The fourth-order valence-electron chi connectivity index (χ4n) is 7.10. The van der Waals surface area contributed by atoms with Gasteiger partial charge in [-0.2, -0.15) is 13.8 Å². The summed E-state index contributed by atoms with van der Waals surface area (Å²) in [5.74, 6) is 0. The Morgan fingerprint density at radius 3 is 1.52 bits per heavy atom. The zero-order valence-corrected chi connectivity index (χ0v) is 34.5. The first-order valence-electron chi connectivity index (χ1n) is 18.7. The number of benzene rings is 6. The van der Waals surface area contributed by atoms with E-state index in [2.05, 4.69) is 44.4 Å². The molecule has 1 N–H and O–H groups in total. The maximum atomic E-state index is 12.9. The summed E-state index contributed by atoms with van der Waals surface area (Å²) >= 11 is 0. The minimum atomic E-state index is -0.619. The quantitative estimate of drug-likeness (QED) is 0.243. The number of rotatable bonds is 6. The van der Waals surface area contributed by atoms with Crippen molar-refractivity contribution in [3.05, 3.63) is 210 Å². The summed E-state index contributed by atoms with van der Waals surface area (Å²) in [5.41, 5.74) is 8.25. The summed E-state index contributed by atoms with van der Waals surface area (Å²) in [6.45, 7) is 3.94. The molecule has 13 heteroatoms. The fourth-order valence-corrected chi connectivity index (χ4v) is 7.10. The van der Waals surface area contributed by atoms with Crippen molar-refractivity contribution in [1.82, 2.24) is 38.3 Å². The molecule has 0 radical (unpaired) electrons. The summed E-state index contributed by atoms with van der Waals surface area (Å²) < 4.78 is 4.65. The normalized spacial score (nSPS) is 10.8. The number of hydrogen-bond acceptors (Lipinski definition) is 7. The van der Waals surface area contributed by atoms with Crippen LogP contribution in [0, 0.1) is 13.8 Å². The van der Waals surface area contributed by atoms with Crippen molar-refractivity contribution in [1.29, 1.82) is 0 Å². The third-order valence-electron chi connectivity index (χ3n) is 10.1. The number of hydrogen-bond donors (Lipinski definition) is 1. The predicted molar refractivity (Wildman–Crippen MR) is 236 cm³/mol. The second kappa shape index (κ2) is 18.2. The first kappa shape index (κ1) is 43.7. The molecule has 0 saturated carbocycles. The van der Waals surface area contributed by atoms with Crippen molar-refractivity contribution < 1.29 is 34.7 Å². The van der Waals surface area contributed by atoms with Gasteiger partial charge in [-0.25, -0.2) is 23.8 Å². The first-order valence-corrected chi connectivity index (χ1v) is 18.7. The van der Waals surface area contributed by atoms with E-state index in [-0.39, 0.29) is 44.4 Å². The largest absolute Gasteiger partial charge is 1.00 e. The van der Waals surface area contributed by atoms with Crippen LogP contribution in [0.25, 0.3) is 44.5 Å². The van der Waals surface area contributed by atoms with E-state index in [4.69, 9.17) is 0 Å². The van der Waals surface area contributed by atoms with E-state index in [9.17, 15) is 19.5 Å². The van der Waals surface area contributed by atoms with Crippen LogP contribution >= 0.6 is 0 Å². The molecule has 12 nitrogen and oxygen atoms in total. The molecule has 61 heavy (non-hydrogen) atoms. The van der Waals surface area contributed by atoms with Gasteiger partial charge in [0.15, 0.2) is 11.3 Å². The van der Waals surface area contributed by atoms with E-state index in [1.54, 1.807) is 0 Å². The van der Waals surface area contributed by atoms with Crippen LogP contribution in [-0.4, -0.2) is 38.3 Å². The molecular weight excluding hydrogens is 776 g/mol. The van der Waals surface area contributed by atoms with Crippen LogP contribution in [0.5, 0.6) is 6.01 Å². The van der Waals surface area contributed by atoms with Gasteiger partial charge in [-0.15, -0.1) is 10.2 Å². The van der Waals surface area contributed by atoms with Gasteiger partial charge in [-0.1, -0.05) is 123 Å². The molecule has 0 saturated heterocycles. The molecule has 4 heterocycles.